The van der Waals surface area contributed by atoms with Gasteiger partial charge in [-0.25, -0.2) is 10.2 Å². The van der Waals surface area contributed by atoms with E-state index in [1.807, 2.05) is 0 Å². The number of Topliss-reactive ketones (excluding diaryl/α,β-unsaturated/α-hetero) is 2. The summed E-state index contributed by atoms with van der Waals surface area (Å²) in [6.45, 7) is 8.94. The number of hydrogen-bond donors (Lipinski definition) is 3. The van der Waals surface area contributed by atoms with Crippen molar-refractivity contribution in [3.8, 4) is 0 Å². The van der Waals surface area contributed by atoms with Gasteiger partial charge >= 0.3 is 12.0 Å². The second-order valence-corrected chi connectivity index (χ2v) is 6.93. The van der Waals surface area contributed by atoms with Gasteiger partial charge in [-0.2, -0.15) is 0 Å². The Bertz CT molecular complexity index is 496. The van der Waals surface area contributed by atoms with E-state index in [1.54, 1.807) is 34.6 Å². The van der Waals surface area contributed by atoms with Crippen molar-refractivity contribution in [2.75, 3.05) is 6.54 Å². The second kappa shape index (κ2) is 7.54. The second-order valence-electron chi connectivity index (χ2n) is 6.93. The number of nitrogens with one attached hydrogen (secondary N) is 3. The summed E-state index contributed by atoms with van der Waals surface area (Å²) in [7, 11) is 0. The van der Waals surface area contributed by atoms with Gasteiger partial charge in [-0.15, -0.1) is 0 Å². The number of carbonyl (C=O) groups excluding carboxylic acids is 4. The standard InChI is InChI=1S/C15H25N3O5/c1-8(2)11(17-14(22)23-15(3,4)5)10(19)6-9-7-16-18-13(21)12(9)20/h8-9,11,16H,6-7H2,1-5H3,(H,17,22)(H,18,21). The van der Waals surface area contributed by atoms with E-state index in [1.165, 1.54) is 0 Å². The maximum Gasteiger partial charge on any atom is 0.408 e. The Morgan fingerprint density at radius 3 is 2.43 bits per heavy atom. The molecule has 1 saturated heterocycles. The number of hydrogen-bond acceptors (Lipinski definition) is 6. The molecule has 1 fully saturated rings. The molecule has 0 saturated carbocycles. The van der Waals surface area contributed by atoms with E-state index >= 15 is 0 Å². The third kappa shape index (κ3) is 5.97. The van der Waals surface area contributed by atoms with Crippen molar-refractivity contribution >= 4 is 23.6 Å². The van der Waals surface area contributed by atoms with E-state index < -0.39 is 35.3 Å². The summed E-state index contributed by atoms with van der Waals surface area (Å²) >= 11 is 0. The first kappa shape index (κ1) is 19.1. The van der Waals surface area contributed by atoms with E-state index in [-0.39, 0.29) is 24.7 Å². The molecule has 0 spiro atoms. The van der Waals surface area contributed by atoms with E-state index in [9.17, 15) is 19.2 Å². The molecule has 23 heavy (non-hydrogen) atoms. The third-order valence-electron chi connectivity index (χ3n) is 3.28. The summed E-state index contributed by atoms with van der Waals surface area (Å²) in [5.74, 6) is -2.58. The maximum atomic E-state index is 12.4. The lowest BCUT2D eigenvalue weighted by molar-refractivity contribution is -0.144. The molecule has 1 aliphatic heterocycles. The van der Waals surface area contributed by atoms with E-state index in [0.717, 1.165) is 0 Å². The van der Waals surface area contributed by atoms with Crippen LogP contribution in [-0.2, 0) is 19.1 Å². The number of hydrazine groups is 1. The molecule has 1 heterocycles. The van der Waals surface area contributed by atoms with Crippen LogP contribution in [0.1, 0.15) is 41.0 Å². The highest BCUT2D eigenvalue weighted by molar-refractivity contribution is 6.37. The van der Waals surface area contributed by atoms with Gasteiger partial charge in [0.05, 0.1) is 6.04 Å². The van der Waals surface area contributed by atoms with Gasteiger partial charge in [0.15, 0.2) is 5.78 Å². The average Bonchev–Trinajstić information content (AvgIpc) is 2.39. The Hall–Kier alpha value is -1.96. The highest BCUT2D eigenvalue weighted by Gasteiger charge is 2.34. The van der Waals surface area contributed by atoms with E-state index in [4.69, 9.17) is 4.74 Å². The summed E-state index contributed by atoms with van der Waals surface area (Å²) < 4.78 is 5.15. The molecule has 0 aliphatic carbocycles. The molecular weight excluding hydrogens is 302 g/mol. The Labute approximate surface area is 135 Å². The van der Waals surface area contributed by atoms with Gasteiger partial charge in [0.25, 0.3) is 0 Å². The lowest BCUT2D eigenvalue weighted by Crippen LogP contribution is -2.55. The number of amides is 2. The van der Waals surface area contributed by atoms with Gasteiger partial charge in [0, 0.05) is 18.9 Å². The van der Waals surface area contributed by atoms with Crippen molar-refractivity contribution in [1.82, 2.24) is 16.2 Å². The molecular formula is C15H25N3O5. The Kier molecular flexibility index (Phi) is 6.26. The fourth-order valence-electron chi connectivity index (χ4n) is 2.18. The van der Waals surface area contributed by atoms with Crippen LogP contribution in [0, 0.1) is 11.8 Å². The lowest BCUT2D eigenvalue weighted by Gasteiger charge is -2.27. The number of rotatable bonds is 5. The molecule has 2 atom stereocenters. The maximum absolute atomic E-state index is 12.4. The van der Waals surface area contributed by atoms with Gasteiger partial charge in [0.1, 0.15) is 5.60 Å². The molecule has 2 unspecified atom stereocenters. The van der Waals surface area contributed by atoms with Crippen LogP contribution in [0.4, 0.5) is 4.79 Å². The number of ketones is 2. The Morgan fingerprint density at radius 2 is 1.91 bits per heavy atom. The van der Waals surface area contributed by atoms with Crippen LogP contribution in [0.5, 0.6) is 0 Å². The third-order valence-corrected chi connectivity index (χ3v) is 3.28. The molecule has 8 heteroatoms. The molecule has 0 aromatic carbocycles. The monoisotopic (exact) mass is 327 g/mol. The quantitative estimate of drug-likeness (QED) is 0.627. The first-order valence-electron chi connectivity index (χ1n) is 7.60. The van der Waals surface area contributed by atoms with Crippen LogP contribution >= 0.6 is 0 Å². The molecule has 0 aromatic heterocycles. The molecule has 0 radical (unpaired) electrons. The van der Waals surface area contributed by atoms with Crippen LogP contribution in [-0.4, -0.2) is 41.8 Å². The molecule has 1 aliphatic rings. The van der Waals surface area contributed by atoms with Crippen molar-refractivity contribution in [3.05, 3.63) is 0 Å². The van der Waals surface area contributed by atoms with Gasteiger partial charge in [0.2, 0.25) is 5.78 Å². The molecule has 1 rings (SSSR count). The normalized spacial score (nSPS) is 20.0. The van der Waals surface area contributed by atoms with Gasteiger partial charge < -0.3 is 10.1 Å². The molecule has 2 amide bonds. The van der Waals surface area contributed by atoms with Crippen molar-refractivity contribution in [2.24, 2.45) is 11.8 Å². The predicted molar refractivity (Wildman–Crippen MR) is 82.3 cm³/mol. The Balaban J connectivity index is 2.69. The highest BCUT2D eigenvalue weighted by Crippen LogP contribution is 2.14. The zero-order chi connectivity index (χ0) is 17.8. The van der Waals surface area contributed by atoms with E-state index in [2.05, 4.69) is 16.2 Å². The fourth-order valence-corrected chi connectivity index (χ4v) is 2.18. The topological polar surface area (TPSA) is 114 Å². The SMILES string of the molecule is CC(C)C(NC(=O)OC(C)(C)C)C(=O)CC1CNNC(=O)C1=O. The largest absolute Gasteiger partial charge is 0.444 e. The summed E-state index contributed by atoms with van der Waals surface area (Å²) in [6, 6.07) is -0.775. The van der Waals surface area contributed by atoms with Crippen molar-refractivity contribution in [3.63, 3.8) is 0 Å². The summed E-state index contributed by atoms with van der Waals surface area (Å²) in [6.07, 6.45) is -0.798. The molecule has 3 N–H and O–H groups in total. The van der Waals surface area contributed by atoms with Crippen LogP contribution in [0.25, 0.3) is 0 Å². The van der Waals surface area contributed by atoms with Crippen LogP contribution in [0.15, 0.2) is 0 Å². The zero-order valence-electron chi connectivity index (χ0n) is 14.2. The smallest absolute Gasteiger partial charge is 0.408 e. The number of alkyl carbamates (subject to hydrolysis) is 1. The van der Waals surface area contributed by atoms with Crippen molar-refractivity contribution in [2.45, 2.75) is 52.7 Å². The van der Waals surface area contributed by atoms with E-state index in [0.29, 0.717) is 0 Å². The van der Waals surface area contributed by atoms with Crippen molar-refractivity contribution in [1.29, 1.82) is 0 Å². The fraction of sp³-hybridized carbons (Fsp3) is 0.733. The molecule has 0 aromatic rings. The first-order chi connectivity index (χ1) is 10.5. The van der Waals surface area contributed by atoms with Crippen LogP contribution in [0.2, 0.25) is 0 Å². The molecule has 0 bridgehead atoms. The number of ether oxygens (including phenoxy) is 1. The lowest BCUT2D eigenvalue weighted by atomic mass is 9.89. The minimum Gasteiger partial charge on any atom is -0.444 e. The van der Waals surface area contributed by atoms with Crippen LogP contribution < -0.4 is 16.2 Å². The summed E-state index contributed by atoms with van der Waals surface area (Å²) in [5, 5.41) is 2.55. The summed E-state index contributed by atoms with van der Waals surface area (Å²) in [5.41, 5.74) is 4.11. The minimum absolute atomic E-state index is 0.113. The zero-order valence-corrected chi connectivity index (χ0v) is 14.2. The first-order valence-corrected chi connectivity index (χ1v) is 7.60. The molecule has 8 nitrogen and oxygen atoms in total. The van der Waals surface area contributed by atoms with Crippen molar-refractivity contribution < 1.29 is 23.9 Å². The van der Waals surface area contributed by atoms with Crippen LogP contribution in [0.3, 0.4) is 0 Å². The van der Waals surface area contributed by atoms with Gasteiger partial charge in [-0.05, 0) is 26.7 Å². The highest BCUT2D eigenvalue weighted by atomic mass is 16.6. The van der Waals surface area contributed by atoms with Gasteiger partial charge in [-0.3, -0.25) is 19.8 Å². The predicted octanol–water partition coefficient (Wildman–Crippen LogP) is 0.315. The summed E-state index contributed by atoms with van der Waals surface area (Å²) in [4.78, 5) is 47.3. The van der Waals surface area contributed by atoms with Gasteiger partial charge in [-0.1, -0.05) is 13.8 Å². The number of carbonyl (C=O) groups is 4. The minimum atomic E-state index is -0.775. The molecule has 130 valence electrons. The Morgan fingerprint density at radius 1 is 1.30 bits per heavy atom. The average molecular weight is 327 g/mol.